The van der Waals surface area contributed by atoms with Gasteiger partial charge in [-0.15, -0.1) is 0 Å². The molecule has 70 valence electrons. The molecule has 0 radical (unpaired) electrons. The fraction of sp³-hybridized carbons (Fsp3) is 0.333. The van der Waals surface area contributed by atoms with E-state index < -0.39 is 5.97 Å². The first-order chi connectivity index (χ1) is 6.15. The molecule has 0 amide bonds. The lowest BCUT2D eigenvalue weighted by molar-refractivity contribution is 0.0695. The van der Waals surface area contributed by atoms with Crippen molar-refractivity contribution in [2.24, 2.45) is 0 Å². The van der Waals surface area contributed by atoms with Crippen LogP contribution < -0.4 is 0 Å². The van der Waals surface area contributed by atoms with Gasteiger partial charge < -0.3 is 5.11 Å². The number of pyridine rings is 1. The normalized spacial score (nSPS) is 10.0. The van der Waals surface area contributed by atoms with Gasteiger partial charge in [-0.3, -0.25) is 0 Å². The Kier molecular flexibility index (Phi) is 3.65. The second-order valence-corrected chi connectivity index (χ2v) is 3.72. The average molecular weight is 291 g/mol. The van der Waals surface area contributed by atoms with Gasteiger partial charge in [0.1, 0.15) is 3.70 Å². The van der Waals surface area contributed by atoms with E-state index in [1.165, 1.54) is 0 Å². The molecule has 3 nitrogen and oxygen atoms in total. The number of aromatic carboxylic acids is 1. The van der Waals surface area contributed by atoms with E-state index in [0.717, 1.165) is 18.5 Å². The highest BCUT2D eigenvalue weighted by Crippen LogP contribution is 2.11. The van der Waals surface area contributed by atoms with Gasteiger partial charge in [0, 0.05) is 5.69 Å². The predicted molar refractivity (Wildman–Crippen MR) is 57.9 cm³/mol. The van der Waals surface area contributed by atoms with Crippen molar-refractivity contribution in [3.05, 3.63) is 27.1 Å². The maximum Gasteiger partial charge on any atom is 0.338 e. The number of aryl methyl sites for hydroxylation is 1. The fourth-order valence-corrected chi connectivity index (χ4v) is 1.75. The van der Waals surface area contributed by atoms with Crippen LogP contribution in [-0.4, -0.2) is 16.1 Å². The van der Waals surface area contributed by atoms with Crippen LogP contribution in [0.2, 0.25) is 0 Å². The number of hydrogen-bond acceptors (Lipinski definition) is 2. The van der Waals surface area contributed by atoms with Crippen LogP contribution in [0.15, 0.2) is 12.1 Å². The lowest BCUT2D eigenvalue weighted by Gasteiger charge is -2.01. The number of carboxylic acid groups (broad SMARTS) is 1. The highest BCUT2D eigenvalue weighted by atomic mass is 127. The third kappa shape index (κ3) is 2.65. The van der Waals surface area contributed by atoms with Crippen LogP contribution in [0.25, 0.3) is 0 Å². The van der Waals surface area contributed by atoms with Crippen molar-refractivity contribution >= 4 is 28.6 Å². The maximum atomic E-state index is 10.6. The summed E-state index contributed by atoms with van der Waals surface area (Å²) in [6.45, 7) is 2.07. The van der Waals surface area contributed by atoms with E-state index in [1.807, 2.05) is 22.6 Å². The molecule has 1 heterocycles. The number of rotatable bonds is 3. The van der Waals surface area contributed by atoms with Crippen LogP contribution in [0, 0.1) is 3.70 Å². The van der Waals surface area contributed by atoms with E-state index >= 15 is 0 Å². The van der Waals surface area contributed by atoms with E-state index in [0.29, 0.717) is 3.70 Å². The third-order valence-corrected chi connectivity index (χ3v) is 2.47. The smallest absolute Gasteiger partial charge is 0.338 e. The zero-order valence-corrected chi connectivity index (χ0v) is 9.41. The molecule has 0 spiro atoms. The molecule has 0 fully saturated rings. The summed E-state index contributed by atoms with van der Waals surface area (Å²) in [7, 11) is 0. The molecule has 1 rings (SSSR count). The first-order valence-corrected chi connectivity index (χ1v) is 5.11. The van der Waals surface area contributed by atoms with Crippen LogP contribution in [0.5, 0.6) is 0 Å². The van der Waals surface area contributed by atoms with Crippen LogP contribution >= 0.6 is 22.6 Å². The fourth-order valence-electron chi connectivity index (χ4n) is 1.03. The summed E-state index contributed by atoms with van der Waals surface area (Å²) in [6, 6.07) is 3.39. The van der Waals surface area contributed by atoms with Crippen molar-refractivity contribution < 1.29 is 9.90 Å². The zero-order valence-electron chi connectivity index (χ0n) is 7.25. The average Bonchev–Trinajstić information content (AvgIpc) is 2.04. The number of carboxylic acids is 1. The zero-order chi connectivity index (χ0) is 9.84. The highest BCUT2D eigenvalue weighted by molar-refractivity contribution is 14.1. The first kappa shape index (κ1) is 10.4. The van der Waals surface area contributed by atoms with E-state index in [2.05, 4.69) is 11.9 Å². The minimum atomic E-state index is -0.917. The van der Waals surface area contributed by atoms with E-state index in [9.17, 15) is 4.79 Å². The van der Waals surface area contributed by atoms with Crippen molar-refractivity contribution in [2.75, 3.05) is 0 Å². The van der Waals surface area contributed by atoms with Gasteiger partial charge >= 0.3 is 5.97 Å². The van der Waals surface area contributed by atoms with Crippen LogP contribution in [0.3, 0.4) is 0 Å². The van der Waals surface area contributed by atoms with Gasteiger partial charge in [-0.2, -0.15) is 0 Å². The van der Waals surface area contributed by atoms with Crippen molar-refractivity contribution in [3.8, 4) is 0 Å². The van der Waals surface area contributed by atoms with Gasteiger partial charge in [0.05, 0.1) is 5.56 Å². The van der Waals surface area contributed by atoms with Crippen LogP contribution in [0.4, 0.5) is 0 Å². The molecule has 0 saturated heterocycles. The Morgan fingerprint density at radius 1 is 1.62 bits per heavy atom. The van der Waals surface area contributed by atoms with Gasteiger partial charge in [0.25, 0.3) is 0 Å². The molecule has 0 atom stereocenters. The quantitative estimate of drug-likeness (QED) is 0.687. The molecule has 0 saturated carbocycles. The molecule has 0 unspecified atom stereocenters. The van der Waals surface area contributed by atoms with E-state index in [4.69, 9.17) is 5.11 Å². The second kappa shape index (κ2) is 4.55. The molecule has 0 aliphatic heterocycles. The van der Waals surface area contributed by atoms with Crippen molar-refractivity contribution in [3.63, 3.8) is 0 Å². The Morgan fingerprint density at radius 3 is 2.77 bits per heavy atom. The predicted octanol–water partition coefficient (Wildman–Crippen LogP) is 2.34. The summed E-state index contributed by atoms with van der Waals surface area (Å²) in [5.41, 5.74) is 1.23. The molecular formula is C9H10INO2. The number of hydrogen-bond donors (Lipinski definition) is 1. The lowest BCUT2D eigenvalue weighted by atomic mass is 10.2. The summed E-state index contributed by atoms with van der Waals surface area (Å²) < 4.78 is 0.566. The number of halogens is 1. The molecule has 1 aromatic rings. The Labute approximate surface area is 90.3 Å². The van der Waals surface area contributed by atoms with Gasteiger partial charge in [-0.05, 0) is 41.1 Å². The molecular weight excluding hydrogens is 281 g/mol. The van der Waals surface area contributed by atoms with E-state index in [-0.39, 0.29) is 5.56 Å². The Balaban J connectivity index is 2.98. The molecule has 0 aliphatic rings. The summed E-state index contributed by atoms with van der Waals surface area (Å²) in [6.07, 6.45) is 1.92. The van der Waals surface area contributed by atoms with Gasteiger partial charge in [0.2, 0.25) is 0 Å². The molecule has 0 aromatic carbocycles. The number of nitrogens with zero attached hydrogens (tertiary/aromatic N) is 1. The summed E-state index contributed by atoms with van der Waals surface area (Å²) in [5.74, 6) is -0.917. The number of carbonyl (C=O) groups is 1. The maximum absolute atomic E-state index is 10.6. The standard InChI is InChI=1S/C9H10INO2/c1-2-3-6-4-5-7(9(12)13)8(10)11-6/h4-5H,2-3H2,1H3,(H,12,13). The summed E-state index contributed by atoms with van der Waals surface area (Å²) in [5, 5.41) is 8.74. The molecule has 1 aromatic heterocycles. The largest absolute Gasteiger partial charge is 0.478 e. The SMILES string of the molecule is CCCc1ccc(C(=O)O)c(I)n1. The van der Waals surface area contributed by atoms with Gasteiger partial charge in [-0.1, -0.05) is 13.3 Å². The molecule has 0 aliphatic carbocycles. The second-order valence-electron chi connectivity index (χ2n) is 2.70. The van der Waals surface area contributed by atoms with E-state index in [1.54, 1.807) is 12.1 Å². The van der Waals surface area contributed by atoms with Gasteiger partial charge in [-0.25, -0.2) is 9.78 Å². The Hall–Kier alpha value is -0.650. The van der Waals surface area contributed by atoms with Crippen molar-refractivity contribution in [1.82, 2.24) is 4.98 Å². The Bertz CT molecular complexity index is 325. The summed E-state index contributed by atoms with van der Waals surface area (Å²) >= 11 is 1.95. The summed E-state index contributed by atoms with van der Waals surface area (Å²) in [4.78, 5) is 14.8. The Morgan fingerprint density at radius 2 is 2.31 bits per heavy atom. The first-order valence-electron chi connectivity index (χ1n) is 4.04. The molecule has 4 heteroatoms. The van der Waals surface area contributed by atoms with Crippen LogP contribution in [0.1, 0.15) is 29.4 Å². The van der Waals surface area contributed by atoms with Gasteiger partial charge in [0.15, 0.2) is 0 Å². The number of aromatic nitrogens is 1. The third-order valence-electron chi connectivity index (χ3n) is 1.64. The topological polar surface area (TPSA) is 50.2 Å². The lowest BCUT2D eigenvalue weighted by Crippen LogP contribution is -2.03. The highest BCUT2D eigenvalue weighted by Gasteiger charge is 2.08. The molecule has 0 bridgehead atoms. The molecule has 13 heavy (non-hydrogen) atoms. The van der Waals surface area contributed by atoms with Crippen LogP contribution in [-0.2, 0) is 6.42 Å². The van der Waals surface area contributed by atoms with Crippen molar-refractivity contribution in [1.29, 1.82) is 0 Å². The minimum Gasteiger partial charge on any atom is -0.478 e. The molecule has 1 N–H and O–H groups in total. The minimum absolute atomic E-state index is 0.278. The van der Waals surface area contributed by atoms with Crippen molar-refractivity contribution in [2.45, 2.75) is 19.8 Å². The monoisotopic (exact) mass is 291 g/mol.